The Bertz CT molecular complexity index is 600. The van der Waals surface area contributed by atoms with Crippen LogP contribution in [0.4, 0.5) is 0 Å². The summed E-state index contributed by atoms with van der Waals surface area (Å²) in [4.78, 5) is 18.9. The highest BCUT2D eigenvalue weighted by atomic mass is 32.1. The van der Waals surface area contributed by atoms with Crippen LogP contribution in [0.1, 0.15) is 40.8 Å². The van der Waals surface area contributed by atoms with E-state index in [1.165, 1.54) is 7.11 Å². The summed E-state index contributed by atoms with van der Waals surface area (Å²) in [6.07, 6.45) is 4.85. The molecule has 0 radical (unpaired) electrons. The highest BCUT2D eigenvalue weighted by Crippen LogP contribution is 2.32. The maximum absolute atomic E-state index is 12.7. The Morgan fingerprint density at radius 1 is 1.38 bits per heavy atom. The summed E-state index contributed by atoms with van der Waals surface area (Å²) >= 11 is 1.59. The molecule has 21 heavy (non-hydrogen) atoms. The van der Waals surface area contributed by atoms with Crippen LogP contribution in [-0.4, -0.2) is 39.6 Å². The molecular weight excluding hydrogens is 288 g/mol. The van der Waals surface area contributed by atoms with Crippen LogP contribution in [0.5, 0.6) is 5.88 Å². The molecule has 0 spiro atoms. The predicted octanol–water partition coefficient (Wildman–Crippen LogP) is 2.31. The fourth-order valence-corrected chi connectivity index (χ4v) is 3.31. The van der Waals surface area contributed by atoms with Crippen molar-refractivity contribution in [2.24, 2.45) is 0 Å². The number of aromatic nitrogens is 3. The number of thiazole rings is 1. The van der Waals surface area contributed by atoms with Crippen molar-refractivity contribution >= 4 is 17.2 Å². The summed E-state index contributed by atoms with van der Waals surface area (Å²) < 4.78 is 4.97. The monoisotopic (exact) mass is 304 g/mol. The van der Waals surface area contributed by atoms with Crippen LogP contribution in [-0.2, 0) is 0 Å². The van der Waals surface area contributed by atoms with Crippen molar-refractivity contribution in [2.45, 2.75) is 25.3 Å². The lowest BCUT2D eigenvalue weighted by Gasteiger charge is -2.34. The summed E-state index contributed by atoms with van der Waals surface area (Å²) in [7, 11) is 1.52. The van der Waals surface area contributed by atoms with Gasteiger partial charge in [-0.25, -0.2) is 4.98 Å². The van der Waals surface area contributed by atoms with E-state index in [0.29, 0.717) is 11.6 Å². The summed E-state index contributed by atoms with van der Waals surface area (Å²) in [5.41, 5.74) is 0.347. The number of likely N-dealkylation sites (tertiary alicyclic amines) is 1. The molecule has 0 saturated carbocycles. The average Bonchev–Trinajstić information content (AvgIpc) is 3.08. The second kappa shape index (κ2) is 6.17. The van der Waals surface area contributed by atoms with Gasteiger partial charge in [-0.2, -0.15) is 0 Å². The number of hydrogen-bond acceptors (Lipinski definition) is 6. The van der Waals surface area contributed by atoms with E-state index in [9.17, 15) is 4.79 Å². The van der Waals surface area contributed by atoms with E-state index in [2.05, 4.69) is 15.2 Å². The number of rotatable bonds is 3. The minimum Gasteiger partial charge on any atom is -0.480 e. The molecule has 3 rings (SSSR count). The normalized spacial score (nSPS) is 18.5. The van der Waals surface area contributed by atoms with Crippen molar-refractivity contribution in [3.63, 3.8) is 0 Å². The highest BCUT2D eigenvalue weighted by molar-refractivity contribution is 7.09. The van der Waals surface area contributed by atoms with E-state index in [1.54, 1.807) is 29.7 Å². The molecule has 0 unspecified atom stereocenters. The van der Waals surface area contributed by atoms with E-state index in [4.69, 9.17) is 4.74 Å². The maximum atomic E-state index is 12.7. The quantitative estimate of drug-likeness (QED) is 0.870. The zero-order valence-electron chi connectivity index (χ0n) is 11.7. The summed E-state index contributed by atoms with van der Waals surface area (Å²) in [5, 5.41) is 10.8. The number of carbonyl (C=O) groups excluding carboxylic acids is 1. The predicted molar refractivity (Wildman–Crippen MR) is 78.3 cm³/mol. The number of methoxy groups -OCH3 is 1. The van der Waals surface area contributed by atoms with Crippen molar-refractivity contribution < 1.29 is 9.53 Å². The number of ether oxygens (including phenoxy) is 1. The molecule has 0 aromatic carbocycles. The van der Waals surface area contributed by atoms with Gasteiger partial charge < -0.3 is 9.64 Å². The van der Waals surface area contributed by atoms with Crippen LogP contribution in [0, 0.1) is 0 Å². The summed E-state index contributed by atoms with van der Waals surface area (Å²) in [6, 6.07) is 3.36. The summed E-state index contributed by atoms with van der Waals surface area (Å²) in [6.45, 7) is 0.733. The largest absolute Gasteiger partial charge is 0.480 e. The first-order chi connectivity index (χ1) is 10.3. The third-order valence-corrected chi connectivity index (χ3v) is 4.45. The Morgan fingerprint density at radius 3 is 2.95 bits per heavy atom. The SMILES string of the molecule is COc1ccc(C(=O)N2CCCC[C@@H]2c2nccs2)nn1. The molecule has 1 saturated heterocycles. The van der Waals surface area contributed by atoms with Crippen molar-refractivity contribution in [2.75, 3.05) is 13.7 Å². The number of carbonyl (C=O) groups is 1. The van der Waals surface area contributed by atoms with Crippen molar-refractivity contribution in [1.82, 2.24) is 20.1 Å². The minimum absolute atomic E-state index is 0.0511. The maximum Gasteiger partial charge on any atom is 0.274 e. The van der Waals surface area contributed by atoms with E-state index >= 15 is 0 Å². The molecule has 1 amide bonds. The fourth-order valence-electron chi connectivity index (χ4n) is 2.52. The molecule has 1 atom stereocenters. The van der Waals surface area contributed by atoms with Crippen LogP contribution in [0.15, 0.2) is 23.7 Å². The molecule has 6 nitrogen and oxygen atoms in total. The molecule has 3 heterocycles. The Kier molecular flexibility index (Phi) is 4.10. The molecule has 0 aliphatic carbocycles. The molecular formula is C14H16N4O2S. The van der Waals surface area contributed by atoms with Crippen LogP contribution in [0.3, 0.4) is 0 Å². The van der Waals surface area contributed by atoms with Crippen molar-refractivity contribution in [3.05, 3.63) is 34.4 Å². The van der Waals surface area contributed by atoms with Crippen LogP contribution in [0.25, 0.3) is 0 Å². The van der Waals surface area contributed by atoms with E-state index in [0.717, 1.165) is 30.8 Å². The standard InChI is InChI=1S/C14H16N4O2S/c1-20-12-6-5-10(16-17-12)14(19)18-8-3-2-4-11(18)13-15-7-9-21-13/h5-7,9,11H,2-4,8H2,1H3/t11-/m1/s1. The lowest BCUT2D eigenvalue weighted by Crippen LogP contribution is -2.38. The number of hydrogen-bond donors (Lipinski definition) is 0. The minimum atomic E-state index is -0.0925. The number of amides is 1. The van der Waals surface area contributed by atoms with Gasteiger partial charge in [-0.15, -0.1) is 21.5 Å². The Morgan fingerprint density at radius 2 is 2.29 bits per heavy atom. The van der Waals surface area contributed by atoms with Gasteiger partial charge in [0, 0.05) is 24.2 Å². The van der Waals surface area contributed by atoms with Gasteiger partial charge >= 0.3 is 0 Å². The zero-order chi connectivity index (χ0) is 14.7. The Labute approximate surface area is 126 Å². The van der Waals surface area contributed by atoms with Crippen LogP contribution < -0.4 is 4.74 Å². The summed E-state index contributed by atoms with van der Waals surface area (Å²) in [5.74, 6) is 0.312. The number of nitrogens with zero attached hydrogens (tertiary/aromatic N) is 4. The molecule has 110 valence electrons. The van der Waals surface area contributed by atoms with Crippen molar-refractivity contribution in [3.8, 4) is 5.88 Å². The van der Waals surface area contributed by atoms with Gasteiger partial charge in [0.2, 0.25) is 5.88 Å². The third kappa shape index (κ3) is 2.87. The second-order valence-electron chi connectivity index (χ2n) is 4.84. The molecule has 0 bridgehead atoms. The molecule has 1 aliphatic heterocycles. The van der Waals surface area contributed by atoms with Gasteiger partial charge in [0.15, 0.2) is 5.69 Å². The molecule has 1 aliphatic rings. The van der Waals surface area contributed by atoms with Gasteiger partial charge in [0.1, 0.15) is 5.01 Å². The lowest BCUT2D eigenvalue weighted by molar-refractivity contribution is 0.0603. The van der Waals surface area contributed by atoms with Gasteiger partial charge in [-0.3, -0.25) is 4.79 Å². The first-order valence-corrected chi connectivity index (χ1v) is 7.75. The topological polar surface area (TPSA) is 68.2 Å². The smallest absolute Gasteiger partial charge is 0.274 e. The third-order valence-electron chi connectivity index (χ3n) is 3.57. The van der Waals surface area contributed by atoms with Crippen LogP contribution >= 0.6 is 11.3 Å². The first kappa shape index (κ1) is 13.9. The molecule has 1 fully saturated rings. The van der Waals surface area contributed by atoms with Crippen LogP contribution in [0.2, 0.25) is 0 Å². The van der Waals surface area contributed by atoms with E-state index in [1.807, 2.05) is 10.3 Å². The zero-order valence-corrected chi connectivity index (χ0v) is 12.5. The average molecular weight is 304 g/mol. The molecule has 2 aromatic rings. The number of piperidine rings is 1. The van der Waals surface area contributed by atoms with Crippen molar-refractivity contribution in [1.29, 1.82) is 0 Å². The van der Waals surface area contributed by atoms with Gasteiger partial charge in [0.25, 0.3) is 5.91 Å². The molecule has 2 aromatic heterocycles. The first-order valence-electron chi connectivity index (χ1n) is 6.87. The van der Waals surface area contributed by atoms with Gasteiger partial charge in [-0.1, -0.05) is 0 Å². The lowest BCUT2D eigenvalue weighted by atomic mass is 10.0. The van der Waals surface area contributed by atoms with Gasteiger partial charge in [0.05, 0.1) is 13.2 Å². The molecule has 0 N–H and O–H groups in total. The fraction of sp³-hybridized carbons (Fsp3) is 0.429. The van der Waals surface area contributed by atoms with Gasteiger partial charge in [-0.05, 0) is 25.3 Å². The van der Waals surface area contributed by atoms with E-state index < -0.39 is 0 Å². The van der Waals surface area contributed by atoms with E-state index in [-0.39, 0.29) is 11.9 Å². The Balaban J connectivity index is 1.83. The molecule has 7 heteroatoms. The second-order valence-corrected chi connectivity index (χ2v) is 5.77. The highest BCUT2D eigenvalue weighted by Gasteiger charge is 2.31. The Hall–Kier alpha value is -2.02.